The number of hydrogen-bond acceptors (Lipinski definition) is 3. The van der Waals surface area contributed by atoms with Gasteiger partial charge >= 0.3 is 5.97 Å². The second-order valence-corrected chi connectivity index (χ2v) is 6.61. The minimum Gasteiger partial charge on any atom is -0.462 e. The van der Waals surface area contributed by atoms with Crippen LogP contribution < -0.4 is 0 Å². The summed E-state index contributed by atoms with van der Waals surface area (Å²) in [4.78, 5) is 12.1. The van der Waals surface area contributed by atoms with Crippen LogP contribution in [-0.4, -0.2) is 22.4 Å². The Balaban J connectivity index is 1.70. The smallest absolute Gasteiger partial charge is 0.338 e. The number of carbonyl (C=O) groups is 1. The van der Waals surface area contributed by atoms with Crippen molar-refractivity contribution >= 4 is 16.9 Å². The standard InChI is InChI=1S/C23H18F2N2O2/c1-2-29-23(28)17-6-3-5-16(12-17)18-7-4-8-22-19(18)14-27(26-22)13-15-9-10-20(24)21(25)11-15/h3-12,14H,2,13H2,1H3. The highest BCUT2D eigenvalue weighted by Gasteiger charge is 2.12. The molecule has 146 valence electrons. The van der Waals surface area contributed by atoms with Gasteiger partial charge in [0.2, 0.25) is 0 Å². The fourth-order valence-corrected chi connectivity index (χ4v) is 3.28. The lowest BCUT2D eigenvalue weighted by atomic mass is 10.00. The van der Waals surface area contributed by atoms with Crippen molar-refractivity contribution in [2.24, 2.45) is 0 Å². The molecule has 0 saturated heterocycles. The van der Waals surface area contributed by atoms with E-state index in [1.165, 1.54) is 12.1 Å². The molecule has 0 bridgehead atoms. The Morgan fingerprint density at radius 3 is 2.66 bits per heavy atom. The quantitative estimate of drug-likeness (QED) is 0.438. The molecule has 0 fully saturated rings. The molecule has 3 aromatic carbocycles. The first-order chi connectivity index (χ1) is 14.0. The summed E-state index contributed by atoms with van der Waals surface area (Å²) in [6.07, 6.45) is 1.86. The molecule has 0 atom stereocenters. The molecule has 0 N–H and O–H groups in total. The number of hydrogen-bond donors (Lipinski definition) is 0. The zero-order chi connectivity index (χ0) is 20.4. The Hall–Kier alpha value is -3.54. The molecule has 1 heterocycles. The third-order valence-electron chi connectivity index (χ3n) is 4.61. The number of benzene rings is 3. The third-order valence-corrected chi connectivity index (χ3v) is 4.61. The van der Waals surface area contributed by atoms with E-state index in [9.17, 15) is 13.6 Å². The predicted molar refractivity (Wildman–Crippen MR) is 107 cm³/mol. The fraction of sp³-hybridized carbons (Fsp3) is 0.130. The Kier molecular flexibility index (Phi) is 5.08. The normalized spacial score (nSPS) is 11.0. The van der Waals surface area contributed by atoms with Gasteiger partial charge < -0.3 is 4.74 Å². The molecule has 6 heteroatoms. The van der Waals surface area contributed by atoms with Gasteiger partial charge in [0.25, 0.3) is 0 Å². The van der Waals surface area contributed by atoms with E-state index in [0.29, 0.717) is 24.3 Å². The molecule has 4 nitrogen and oxygen atoms in total. The molecule has 0 spiro atoms. The molecule has 0 amide bonds. The molecular formula is C23H18F2N2O2. The van der Waals surface area contributed by atoms with Gasteiger partial charge in [0, 0.05) is 11.6 Å². The fourth-order valence-electron chi connectivity index (χ4n) is 3.28. The first-order valence-electron chi connectivity index (χ1n) is 9.23. The van der Waals surface area contributed by atoms with Gasteiger partial charge in [-0.3, -0.25) is 4.68 Å². The van der Waals surface area contributed by atoms with Crippen LogP contribution in [0.5, 0.6) is 0 Å². The molecule has 29 heavy (non-hydrogen) atoms. The van der Waals surface area contributed by atoms with Crippen LogP contribution in [0, 0.1) is 11.6 Å². The van der Waals surface area contributed by atoms with Crippen molar-refractivity contribution in [1.29, 1.82) is 0 Å². The van der Waals surface area contributed by atoms with Gasteiger partial charge in [0.05, 0.1) is 24.2 Å². The average molecular weight is 392 g/mol. The number of rotatable bonds is 5. The highest BCUT2D eigenvalue weighted by molar-refractivity contribution is 5.97. The SMILES string of the molecule is CCOC(=O)c1cccc(-c2cccc3nn(Cc4ccc(F)c(F)c4)cc23)c1. The van der Waals surface area contributed by atoms with E-state index >= 15 is 0 Å². The number of esters is 1. The van der Waals surface area contributed by atoms with Crippen molar-refractivity contribution in [3.63, 3.8) is 0 Å². The Morgan fingerprint density at radius 2 is 1.86 bits per heavy atom. The number of nitrogens with zero attached hydrogens (tertiary/aromatic N) is 2. The topological polar surface area (TPSA) is 44.1 Å². The molecule has 0 aliphatic carbocycles. The maximum absolute atomic E-state index is 13.5. The highest BCUT2D eigenvalue weighted by atomic mass is 19.2. The molecule has 4 rings (SSSR count). The molecule has 0 aliphatic rings. The van der Waals surface area contributed by atoms with Crippen molar-refractivity contribution in [2.45, 2.75) is 13.5 Å². The summed E-state index contributed by atoms with van der Waals surface area (Å²) < 4.78 is 33.4. The van der Waals surface area contributed by atoms with Crippen LogP contribution in [0.1, 0.15) is 22.8 Å². The number of ether oxygens (including phenoxy) is 1. The van der Waals surface area contributed by atoms with Crippen LogP contribution in [0.15, 0.2) is 66.9 Å². The third kappa shape index (κ3) is 3.87. The zero-order valence-corrected chi connectivity index (χ0v) is 15.7. The van der Waals surface area contributed by atoms with Gasteiger partial charge in [-0.25, -0.2) is 13.6 Å². The van der Waals surface area contributed by atoms with E-state index in [0.717, 1.165) is 28.1 Å². The van der Waals surface area contributed by atoms with Crippen LogP contribution >= 0.6 is 0 Å². The Labute approximate surface area is 166 Å². The van der Waals surface area contributed by atoms with Crippen LogP contribution in [-0.2, 0) is 11.3 Å². The van der Waals surface area contributed by atoms with E-state index in [1.54, 1.807) is 23.7 Å². The van der Waals surface area contributed by atoms with Crippen molar-refractivity contribution in [3.8, 4) is 11.1 Å². The lowest BCUT2D eigenvalue weighted by molar-refractivity contribution is 0.0526. The van der Waals surface area contributed by atoms with Gasteiger partial charge in [0.15, 0.2) is 11.6 Å². The van der Waals surface area contributed by atoms with Gasteiger partial charge in [-0.05, 0) is 53.9 Å². The second-order valence-electron chi connectivity index (χ2n) is 6.61. The molecular weight excluding hydrogens is 374 g/mol. The van der Waals surface area contributed by atoms with E-state index in [1.807, 2.05) is 36.5 Å². The molecule has 0 radical (unpaired) electrons. The monoisotopic (exact) mass is 392 g/mol. The summed E-state index contributed by atoms with van der Waals surface area (Å²) in [5, 5.41) is 5.44. The van der Waals surface area contributed by atoms with E-state index < -0.39 is 11.6 Å². The minimum atomic E-state index is -0.879. The highest BCUT2D eigenvalue weighted by Crippen LogP contribution is 2.29. The Morgan fingerprint density at radius 1 is 1.03 bits per heavy atom. The lowest BCUT2D eigenvalue weighted by Gasteiger charge is -2.06. The molecule has 1 aromatic heterocycles. The van der Waals surface area contributed by atoms with Gasteiger partial charge in [-0.1, -0.05) is 30.3 Å². The first kappa shape index (κ1) is 18.8. The first-order valence-corrected chi connectivity index (χ1v) is 9.23. The van der Waals surface area contributed by atoms with E-state index in [4.69, 9.17) is 4.74 Å². The Bertz CT molecular complexity index is 1200. The average Bonchev–Trinajstić information content (AvgIpc) is 3.13. The van der Waals surface area contributed by atoms with Crippen molar-refractivity contribution in [3.05, 3.63) is 89.6 Å². The maximum atomic E-state index is 13.5. The van der Waals surface area contributed by atoms with Crippen LogP contribution in [0.3, 0.4) is 0 Å². The second kappa shape index (κ2) is 7.83. The van der Waals surface area contributed by atoms with E-state index in [2.05, 4.69) is 5.10 Å². The van der Waals surface area contributed by atoms with Gasteiger partial charge in [0.1, 0.15) is 0 Å². The van der Waals surface area contributed by atoms with Crippen molar-refractivity contribution < 1.29 is 18.3 Å². The molecule has 0 saturated carbocycles. The van der Waals surface area contributed by atoms with Gasteiger partial charge in [-0.15, -0.1) is 0 Å². The summed E-state index contributed by atoms with van der Waals surface area (Å²) in [6, 6.07) is 16.8. The van der Waals surface area contributed by atoms with Crippen molar-refractivity contribution in [2.75, 3.05) is 6.61 Å². The maximum Gasteiger partial charge on any atom is 0.338 e. The van der Waals surface area contributed by atoms with Crippen LogP contribution in [0.25, 0.3) is 22.0 Å². The molecule has 0 unspecified atom stereocenters. The minimum absolute atomic E-state index is 0.314. The van der Waals surface area contributed by atoms with Gasteiger partial charge in [-0.2, -0.15) is 5.10 Å². The van der Waals surface area contributed by atoms with Crippen LogP contribution in [0.2, 0.25) is 0 Å². The summed E-state index contributed by atoms with van der Waals surface area (Å²) in [5.41, 5.74) is 3.66. The molecule has 0 aliphatic heterocycles. The van der Waals surface area contributed by atoms with Crippen LogP contribution in [0.4, 0.5) is 8.78 Å². The summed E-state index contributed by atoms with van der Waals surface area (Å²) in [7, 11) is 0. The number of aromatic nitrogens is 2. The summed E-state index contributed by atoms with van der Waals surface area (Å²) in [5.74, 6) is -2.12. The lowest BCUT2D eigenvalue weighted by Crippen LogP contribution is -2.04. The summed E-state index contributed by atoms with van der Waals surface area (Å²) >= 11 is 0. The largest absolute Gasteiger partial charge is 0.462 e. The summed E-state index contributed by atoms with van der Waals surface area (Å²) in [6.45, 7) is 2.40. The molecule has 4 aromatic rings. The predicted octanol–water partition coefficient (Wildman–Crippen LogP) is 5.21. The number of carbonyl (C=O) groups excluding carboxylic acids is 1. The number of halogens is 2. The van der Waals surface area contributed by atoms with Crippen molar-refractivity contribution in [1.82, 2.24) is 9.78 Å². The number of fused-ring (bicyclic) bond motifs is 1. The van der Waals surface area contributed by atoms with E-state index in [-0.39, 0.29) is 5.97 Å². The zero-order valence-electron chi connectivity index (χ0n) is 15.7.